The van der Waals surface area contributed by atoms with Crippen LogP contribution in [-0.2, 0) is 11.3 Å². The molecule has 0 aliphatic carbocycles. The van der Waals surface area contributed by atoms with E-state index in [9.17, 15) is 4.79 Å². The first-order valence-corrected chi connectivity index (χ1v) is 4.97. The number of hydrogen-bond acceptors (Lipinski definition) is 3. The Kier molecular flexibility index (Phi) is 3.85. The van der Waals surface area contributed by atoms with Crippen LogP contribution in [0, 0.1) is 5.41 Å². The molecule has 0 aromatic carbocycles. The van der Waals surface area contributed by atoms with Gasteiger partial charge in [-0.15, -0.1) is 0 Å². The number of amides is 1. The van der Waals surface area contributed by atoms with Crippen LogP contribution >= 0.6 is 0 Å². The van der Waals surface area contributed by atoms with Gasteiger partial charge in [0.15, 0.2) is 0 Å². The number of imidazole rings is 1. The number of H-pyrrole nitrogens is 1. The molecule has 0 unspecified atom stereocenters. The molecule has 0 aliphatic rings. The normalized spacial score (nSPS) is 11.4. The molecule has 0 radical (unpaired) electrons. The summed E-state index contributed by atoms with van der Waals surface area (Å²) in [6.07, 6.45) is 3.49. The Bertz CT molecular complexity index is 305. The fourth-order valence-electron chi connectivity index (χ4n) is 1.31. The van der Waals surface area contributed by atoms with Crippen molar-refractivity contribution in [2.24, 2.45) is 5.41 Å². The zero-order chi connectivity index (χ0) is 11.3. The quantitative estimate of drug-likeness (QED) is 0.653. The van der Waals surface area contributed by atoms with Crippen LogP contribution in [0.2, 0.25) is 0 Å². The first-order valence-electron chi connectivity index (χ1n) is 4.97. The van der Waals surface area contributed by atoms with Crippen LogP contribution in [0.15, 0.2) is 12.4 Å². The average Bonchev–Trinajstić information content (AvgIpc) is 2.69. The highest BCUT2D eigenvalue weighted by Crippen LogP contribution is 2.13. The fourth-order valence-corrected chi connectivity index (χ4v) is 1.31. The second-order valence-corrected chi connectivity index (χ2v) is 4.10. The van der Waals surface area contributed by atoms with Crippen molar-refractivity contribution in [1.82, 2.24) is 20.6 Å². The third-order valence-corrected chi connectivity index (χ3v) is 2.26. The number of hydrogen-bond donors (Lipinski definition) is 3. The summed E-state index contributed by atoms with van der Waals surface area (Å²) >= 11 is 0. The molecule has 0 atom stereocenters. The Morgan fingerprint density at radius 1 is 1.60 bits per heavy atom. The minimum Gasteiger partial charge on any atom is -0.359 e. The van der Waals surface area contributed by atoms with Gasteiger partial charge in [0.25, 0.3) is 0 Å². The third kappa shape index (κ3) is 3.36. The molecular weight excluding hydrogens is 192 g/mol. The van der Waals surface area contributed by atoms with E-state index in [0.717, 1.165) is 5.82 Å². The Balaban J connectivity index is 2.33. The monoisotopic (exact) mass is 210 g/mol. The van der Waals surface area contributed by atoms with Gasteiger partial charge in [0.1, 0.15) is 5.82 Å². The maximum Gasteiger partial charge on any atom is 0.226 e. The first-order chi connectivity index (χ1) is 7.06. The molecule has 0 saturated carbocycles. The van der Waals surface area contributed by atoms with Crippen LogP contribution < -0.4 is 10.6 Å². The molecule has 3 N–H and O–H groups in total. The van der Waals surface area contributed by atoms with Crippen molar-refractivity contribution in [3.63, 3.8) is 0 Å². The number of nitrogens with zero attached hydrogens (tertiary/aromatic N) is 1. The standard InChI is InChI=1S/C10H18N4O/c1-10(2,9(15)11-3)7-12-6-8-13-4-5-14-8/h4-5,12H,6-7H2,1-3H3,(H,11,15)(H,13,14). The van der Waals surface area contributed by atoms with E-state index >= 15 is 0 Å². The first kappa shape index (κ1) is 11.7. The number of aromatic nitrogens is 2. The largest absolute Gasteiger partial charge is 0.359 e. The molecule has 0 fully saturated rings. The van der Waals surface area contributed by atoms with E-state index in [-0.39, 0.29) is 5.91 Å². The van der Waals surface area contributed by atoms with Gasteiger partial charge in [-0.25, -0.2) is 4.98 Å². The molecule has 5 nitrogen and oxygen atoms in total. The molecule has 0 aliphatic heterocycles. The van der Waals surface area contributed by atoms with Crippen LogP contribution in [0.4, 0.5) is 0 Å². The molecule has 1 rings (SSSR count). The van der Waals surface area contributed by atoms with Crippen LogP contribution in [-0.4, -0.2) is 29.5 Å². The van der Waals surface area contributed by atoms with Crippen molar-refractivity contribution in [3.05, 3.63) is 18.2 Å². The highest BCUT2D eigenvalue weighted by molar-refractivity contribution is 5.81. The summed E-state index contributed by atoms with van der Waals surface area (Å²) in [5.74, 6) is 0.914. The summed E-state index contributed by atoms with van der Waals surface area (Å²) in [4.78, 5) is 18.5. The van der Waals surface area contributed by atoms with Gasteiger partial charge >= 0.3 is 0 Å². The zero-order valence-electron chi connectivity index (χ0n) is 9.42. The van der Waals surface area contributed by atoms with Crippen LogP contribution in [0.3, 0.4) is 0 Å². The van der Waals surface area contributed by atoms with Crippen LogP contribution in [0.5, 0.6) is 0 Å². The minimum atomic E-state index is -0.401. The Hall–Kier alpha value is -1.36. The lowest BCUT2D eigenvalue weighted by Crippen LogP contribution is -2.41. The van der Waals surface area contributed by atoms with Gasteiger partial charge in [0.2, 0.25) is 5.91 Å². The smallest absolute Gasteiger partial charge is 0.226 e. The summed E-state index contributed by atoms with van der Waals surface area (Å²) in [6.45, 7) is 5.07. The molecule has 1 aromatic heterocycles. The number of rotatable bonds is 5. The van der Waals surface area contributed by atoms with Crippen LogP contribution in [0.25, 0.3) is 0 Å². The van der Waals surface area contributed by atoms with Crippen molar-refractivity contribution in [2.75, 3.05) is 13.6 Å². The van der Waals surface area contributed by atoms with E-state index in [1.54, 1.807) is 19.4 Å². The summed E-state index contributed by atoms with van der Waals surface area (Å²) < 4.78 is 0. The maximum absolute atomic E-state index is 11.5. The van der Waals surface area contributed by atoms with E-state index in [2.05, 4.69) is 20.6 Å². The number of carbonyl (C=O) groups is 1. The van der Waals surface area contributed by atoms with E-state index in [4.69, 9.17) is 0 Å². The van der Waals surface area contributed by atoms with E-state index in [0.29, 0.717) is 13.1 Å². The number of nitrogens with one attached hydrogen (secondary N) is 3. The van der Waals surface area contributed by atoms with E-state index < -0.39 is 5.41 Å². The van der Waals surface area contributed by atoms with Crippen molar-refractivity contribution in [3.8, 4) is 0 Å². The van der Waals surface area contributed by atoms with Gasteiger partial charge in [-0.3, -0.25) is 4.79 Å². The van der Waals surface area contributed by atoms with Gasteiger partial charge in [-0.05, 0) is 13.8 Å². The second-order valence-electron chi connectivity index (χ2n) is 4.10. The summed E-state index contributed by atoms with van der Waals surface area (Å²) in [5, 5.41) is 5.84. The predicted molar refractivity (Wildman–Crippen MR) is 58.1 cm³/mol. The lowest BCUT2D eigenvalue weighted by molar-refractivity contribution is -0.128. The topological polar surface area (TPSA) is 69.8 Å². The number of carbonyl (C=O) groups excluding carboxylic acids is 1. The van der Waals surface area contributed by atoms with Gasteiger partial charge < -0.3 is 15.6 Å². The molecule has 15 heavy (non-hydrogen) atoms. The molecule has 1 heterocycles. The molecule has 84 valence electrons. The number of aromatic amines is 1. The minimum absolute atomic E-state index is 0.0365. The SMILES string of the molecule is CNC(=O)C(C)(C)CNCc1ncc[nH]1. The average molecular weight is 210 g/mol. The van der Waals surface area contributed by atoms with Crippen molar-refractivity contribution >= 4 is 5.91 Å². The Morgan fingerprint density at radius 2 is 2.33 bits per heavy atom. The van der Waals surface area contributed by atoms with Gasteiger partial charge in [-0.2, -0.15) is 0 Å². The molecule has 0 saturated heterocycles. The lowest BCUT2D eigenvalue weighted by Gasteiger charge is -2.22. The van der Waals surface area contributed by atoms with Gasteiger partial charge in [0, 0.05) is 26.0 Å². The predicted octanol–water partition coefficient (Wildman–Crippen LogP) is 0.272. The lowest BCUT2D eigenvalue weighted by atomic mass is 9.92. The summed E-state index contributed by atoms with van der Waals surface area (Å²) in [7, 11) is 1.65. The summed E-state index contributed by atoms with van der Waals surface area (Å²) in [5.41, 5.74) is -0.401. The highest BCUT2D eigenvalue weighted by Gasteiger charge is 2.25. The maximum atomic E-state index is 11.5. The molecule has 1 aromatic rings. The summed E-state index contributed by atoms with van der Waals surface area (Å²) in [6, 6.07) is 0. The molecule has 0 bridgehead atoms. The van der Waals surface area contributed by atoms with Crippen LogP contribution in [0.1, 0.15) is 19.7 Å². The Labute approximate surface area is 89.7 Å². The zero-order valence-corrected chi connectivity index (χ0v) is 9.42. The molecule has 1 amide bonds. The molecule has 0 spiro atoms. The van der Waals surface area contributed by atoms with Crippen molar-refractivity contribution in [1.29, 1.82) is 0 Å². The van der Waals surface area contributed by atoms with Crippen molar-refractivity contribution in [2.45, 2.75) is 20.4 Å². The van der Waals surface area contributed by atoms with Gasteiger partial charge in [-0.1, -0.05) is 0 Å². The molecular formula is C10H18N4O. The Morgan fingerprint density at radius 3 is 2.87 bits per heavy atom. The second kappa shape index (κ2) is 4.93. The highest BCUT2D eigenvalue weighted by atomic mass is 16.2. The van der Waals surface area contributed by atoms with Crippen molar-refractivity contribution < 1.29 is 4.79 Å². The third-order valence-electron chi connectivity index (χ3n) is 2.26. The van der Waals surface area contributed by atoms with E-state index in [1.165, 1.54) is 0 Å². The van der Waals surface area contributed by atoms with E-state index in [1.807, 2.05) is 13.8 Å². The van der Waals surface area contributed by atoms with Gasteiger partial charge in [0.05, 0.1) is 12.0 Å². The molecule has 5 heteroatoms. The fraction of sp³-hybridized carbons (Fsp3) is 0.600.